The van der Waals surface area contributed by atoms with Gasteiger partial charge in [-0.15, -0.1) is 0 Å². The zero-order valence-corrected chi connectivity index (χ0v) is 15.8. The van der Waals surface area contributed by atoms with E-state index in [4.69, 9.17) is 21.1 Å². The van der Waals surface area contributed by atoms with Gasteiger partial charge in [-0.1, -0.05) is 23.7 Å². The van der Waals surface area contributed by atoms with E-state index in [9.17, 15) is 4.79 Å². The van der Waals surface area contributed by atoms with Crippen LogP contribution in [0, 0.1) is 0 Å². The van der Waals surface area contributed by atoms with Crippen molar-refractivity contribution < 1.29 is 14.3 Å². The van der Waals surface area contributed by atoms with Crippen LogP contribution in [-0.2, 0) is 0 Å². The van der Waals surface area contributed by atoms with Crippen LogP contribution in [0.2, 0.25) is 5.02 Å². The molecule has 26 heavy (non-hydrogen) atoms. The lowest BCUT2D eigenvalue weighted by Gasteiger charge is -2.35. The summed E-state index contributed by atoms with van der Waals surface area (Å²) in [6.07, 6.45) is 1.93. The van der Waals surface area contributed by atoms with E-state index < -0.39 is 0 Å². The number of nitrogens with one attached hydrogen (secondary N) is 1. The fraction of sp³-hybridized carbons (Fsp3) is 0.350. The number of carbonyl (C=O) groups excluding carboxylic acids is 1. The number of para-hydroxylation sites is 2. The summed E-state index contributed by atoms with van der Waals surface area (Å²) in [6, 6.07) is 13.0. The number of hydrogen-bond donors (Lipinski definition) is 1. The van der Waals surface area contributed by atoms with Gasteiger partial charge in [-0.2, -0.15) is 0 Å². The maximum Gasteiger partial charge on any atom is 0.255 e. The second-order valence-corrected chi connectivity index (χ2v) is 6.71. The molecule has 5 nitrogen and oxygen atoms in total. The summed E-state index contributed by atoms with van der Waals surface area (Å²) >= 11 is 6.04. The highest BCUT2D eigenvalue weighted by Gasteiger charge is 2.24. The number of benzene rings is 2. The second kappa shape index (κ2) is 8.32. The van der Waals surface area contributed by atoms with Crippen molar-refractivity contribution in [3.8, 4) is 11.5 Å². The fourth-order valence-electron chi connectivity index (χ4n) is 3.33. The van der Waals surface area contributed by atoms with Crippen molar-refractivity contribution in [1.82, 2.24) is 5.32 Å². The third-order valence-electron chi connectivity index (χ3n) is 4.59. The first-order valence-electron chi connectivity index (χ1n) is 8.64. The Balaban J connectivity index is 1.73. The van der Waals surface area contributed by atoms with Crippen molar-refractivity contribution in [2.75, 3.05) is 32.2 Å². The first kappa shape index (κ1) is 18.4. The van der Waals surface area contributed by atoms with Crippen molar-refractivity contribution in [1.29, 1.82) is 0 Å². The molecule has 0 saturated carbocycles. The topological polar surface area (TPSA) is 50.8 Å². The van der Waals surface area contributed by atoms with Gasteiger partial charge in [0.1, 0.15) is 11.5 Å². The SMILES string of the molecule is COc1ccc(Cl)cc1C(=O)NC1CCCN(c2ccccc2OC)C1. The molecule has 0 aliphatic carbocycles. The van der Waals surface area contributed by atoms with Crippen LogP contribution in [0.4, 0.5) is 5.69 Å². The molecule has 1 atom stereocenters. The van der Waals surface area contributed by atoms with Gasteiger partial charge in [0, 0.05) is 24.2 Å². The number of carbonyl (C=O) groups is 1. The molecule has 0 radical (unpaired) electrons. The lowest BCUT2D eigenvalue weighted by Crippen LogP contribution is -2.48. The van der Waals surface area contributed by atoms with E-state index >= 15 is 0 Å². The molecule has 1 N–H and O–H groups in total. The predicted molar refractivity (Wildman–Crippen MR) is 104 cm³/mol. The standard InChI is InChI=1S/C20H23ClN2O3/c1-25-18-10-9-14(21)12-16(18)20(24)22-15-6-5-11-23(13-15)17-7-3-4-8-19(17)26-2/h3-4,7-10,12,15H,5-6,11,13H2,1-2H3,(H,22,24). The summed E-state index contributed by atoms with van der Waals surface area (Å²) < 4.78 is 10.8. The number of nitrogens with zero attached hydrogens (tertiary/aromatic N) is 1. The lowest BCUT2D eigenvalue weighted by molar-refractivity contribution is 0.0930. The van der Waals surface area contributed by atoms with E-state index in [-0.39, 0.29) is 11.9 Å². The third kappa shape index (κ3) is 4.05. The summed E-state index contributed by atoms with van der Waals surface area (Å²) in [5.74, 6) is 1.19. The zero-order chi connectivity index (χ0) is 18.5. The normalized spacial score (nSPS) is 16.9. The predicted octanol–water partition coefficient (Wildman–Crippen LogP) is 3.76. The molecule has 138 valence electrons. The molecular weight excluding hydrogens is 352 g/mol. The van der Waals surface area contributed by atoms with Gasteiger partial charge in [0.15, 0.2) is 0 Å². The van der Waals surface area contributed by atoms with Crippen LogP contribution in [0.15, 0.2) is 42.5 Å². The number of amides is 1. The monoisotopic (exact) mass is 374 g/mol. The molecular formula is C20H23ClN2O3. The first-order valence-corrected chi connectivity index (χ1v) is 9.02. The van der Waals surface area contributed by atoms with E-state index in [1.54, 1.807) is 32.4 Å². The van der Waals surface area contributed by atoms with Crippen molar-refractivity contribution >= 4 is 23.2 Å². The molecule has 1 heterocycles. The van der Waals surface area contributed by atoms with Crippen molar-refractivity contribution in [3.05, 3.63) is 53.1 Å². The van der Waals surface area contributed by atoms with E-state index in [0.717, 1.165) is 37.4 Å². The molecule has 1 aliphatic heterocycles. The Labute approximate surface area is 158 Å². The zero-order valence-electron chi connectivity index (χ0n) is 15.0. The molecule has 1 unspecified atom stereocenters. The maximum atomic E-state index is 12.7. The Morgan fingerprint density at radius 3 is 2.69 bits per heavy atom. The Kier molecular flexibility index (Phi) is 5.89. The Hall–Kier alpha value is -2.40. The molecule has 2 aromatic rings. The first-order chi connectivity index (χ1) is 12.6. The van der Waals surface area contributed by atoms with Gasteiger partial charge in [0.2, 0.25) is 0 Å². The van der Waals surface area contributed by atoms with Crippen LogP contribution in [0.1, 0.15) is 23.2 Å². The van der Waals surface area contributed by atoms with Crippen LogP contribution in [0.25, 0.3) is 0 Å². The average molecular weight is 375 g/mol. The van der Waals surface area contributed by atoms with Gasteiger partial charge < -0.3 is 19.7 Å². The van der Waals surface area contributed by atoms with Gasteiger partial charge in [-0.25, -0.2) is 0 Å². The summed E-state index contributed by atoms with van der Waals surface area (Å²) in [5, 5.41) is 3.62. The molecule has 2 aromatic carbocycles. The van der Waals surface area contributed by atoms with Crippen LogP contribution in [0.5, 0.6) is 11.5 Å². The minimum Gasteiger partial charge on any atom is -0.496 e. The number of hydrogen-bond acceptors (Lipinski definition) is 4. The lowest BCUT2D eigenvalue weighted by atomic mass is 10.0. The molecule has 1 amide bonds. The fourth-order valence-corrected chi connectivity index (χ4v) is 3.50. The number of rotatable bonds is 5. The molecule has 1 fully saturated rings. The maximum absolute atomic E-state index is 12.7. The molecule has 3 rings (SSSR count). The summed E-state index contributed by atoms with van der Waals surface area (Å²) in [6.45, 7) is 1.67. The third-order valence-corrected chi connectivity index (χ3v) is 4.82. The number of halogens is 1. The molecule has 0 bridgehead atoms. The minimum absolute atomic E-state index is 0.0462. The van der Waals surface area contributed by atoms with E-state index in [0.29, 0.717) is 16.3 Å². The largest absolute Gasteiger partial charge is 0.496 e. The Morgan fingerprint density at radius 2 is 1.92 bits per heavy atom. The summed E-state index contributed by atoms with van der Waals surface area (Å²) in [4.78, 5) is 15.0. The Bertz CT molecular complexity index is 781. The summed E-state index contributed by atoms with van der Waals surface area (Å²) in [5.41, 5.74) is 1.50. The minimum atomic E-state index is -0.170. The second-order valence-electron chi connectivity index (χ2n) is 6.28. The van der Waals surface area contributed by atoms with Crippen molar-refractivity contribution in [2.45, 2.75) is 18.9 Å². The highest BCUT2D eigenvalue weighted by Crippen LogP contribution is 2.30. The Morgan fingerprint density at radius 1 is 1.15 bits per heavy atom. The van der Waals surface area contributed by atoms with Gasteiger partial charge in [0.25, 0.3) is 5.91 Å². The van der Waals surface area contributed by atoms with Crippen LogP contribution in [0.3, 0.4) is 0 Å². The van der Waals surface area contributed by atoms with Gasteiger partial charge in [-0.05, 0) is 43.2 Å². The number of ether oxygens (including phenoxy) is 2. The van der Waals surface area contributed by atoms with Gasteiger partial charge in [0.05, 0.1) is 25.5 Å². The molecule has 0 aromatic heterocycles. The molecule has 1 aliphatic rings. The van der Waals surface area contributed by atoms with Gasteiger partial charge in [-0.3, -0.25) is 4.79 Å². The summed E-state index contributed by atoms with van der Waals surface area (Å²) in [7, 11) is 3.22. The smallest absolute Gasteiger partial charge is 0.255 e. The number of anilines is 1. The molecule has 0 spiro atoms. The van der Waals surface area contributed by atoms with E-state index in [1.165, 1.54) is 0 Å². The van der Waals surface area contributed by atoms with Crippen LogP contribution < -0.4 is 19.7 Å². The van der Waals surface area contributed by atoms with Gasteiger partial charge >= 0.3 is 0 Å². The van der Waals surface area contributed by atoms with Crippen molar-refractivity contribution in [2.24, 2.45) is 0 Å². The highest BCUT2D eigenvalue weighted by atomic mass is 35.5. The van der Waals surface area contributed by atoms with Crippen LogP contribution >= 0.6 is 11.6 Å². The number of methoxy groups -OCH3 is 2. The van der Waals surface area contributed by atoms with E-state index in [1.807, 2.05) is 24.3 Å². The van der Waals surface area contributed by atoms with Crippen LogP contribution in [-0.4, -0.2) is 39.3 Å². The van der Waals surface area contributed by atoms with Crippen molar-refractivity contribution in [3.63, 3.8) is 0 Å². The highest BCUT2D eigenvalue weighted by molar-refractivity contribution is 6.31. The molecule has 1 saturated heterocycles. The average Bonchev–Trinajstić information content (AvgIpc) is 2.68. The van der Waals surface area contributed by atoms with E-state index in [2.05, 4.69) is 10.2 Å². The quantitative estimate of drug-likeness (QED) is 0.865. The number of piperidine rings is 1. The molecule has 6 heteroatoms.